The molecule has 1 aromatic heterocycles. The Hall–Kier alpha value is -3.18. The van der Waals surface area contributed by atoms with Crippen LogP contribution in [-0.4, -0.2) is 41.8 Å². The zero-order valence-electron chi connectivity index (χ0n) is 17.1. The second-order valence-electron chi connectivity index (χ2n) is 7.69. The van der Waals surface area contributed by atoms with Crippen LogP contribution in [0, 0.1) is 29.1 Å². The van der Waals surface area contributed by atoms with E-state index in [1.54, 1.807) is 17.3 Å². The molecule has 1 aromatic carbocycles. The average molecular weight is 436 g/mol. The molecule has 1 aliphatic carbocycles. The fourth-order valence-corrected chi connectivity index (χ4v) is 5.49. The Labute approximate surface area is 186 Å². The van der Waals surface area contributed by atoms with E-state index in [9.17, 15) is 4.79 Å². The summed E-state index contributed by atoms with van der Waals surface area (Å²) < 4.78 is 5.33. The van der Waals surface area contributed by atoms with Crippen LogP contribution < -0.4 is 16.0 Å². The molecular formula is C23H25N5O2S. The number of nitriles is 1. The van der Waals surface area contributed by atoms with E-state index in [-0.39, 0.29) is 12.2 Å². The summed E-state index contributed by atoms with van der Waals surface area (Å²) in [6.07, 6.45) is 6.06. The minimum absolute atomic E-state index is 0.198. The molecule has 3 aliphatic rings. The number of aromatic nitrogens is 1. The Morgan fingerprint density at radius 2 is 2.03 bits per heavy atom. The first kappa shape index (κ1) is 21.1. The van der Waals surface area contributed by atoms with Gasteiger partial charge in [-0.05, 0) is 52.7 Å². The van der Waals surface area contributed by atoms with Crippen molar-refractivity contribution < 1.29 is 9.53 Å². The summed E-state index contributed by atoms with van der Waals surface area (Å²) in [6.45, 7) is 1.04. The fourth-order valence-electron chi connectivity index (χ4n) is 3.90. The SMILES string of the molecule is N#CC1[C@H]2CSC[C@@H]12.N/C=C\NCC1CN(c2ccc(-c3cccnc3)cc2)C(=O)O1. The van der Waals surface area contributed by atoms with Crippen LogP contribution in [0.1, 0.15) is 0 Å². The molecule has 5 rings (SSSR count). The molecule has 2 unspecified atom stereocenters. The number of carbonyl (C=O) groups excluding carboxylic acids is 1. The average Bonchev–Trinajstić information content (AvgIpc) is 3.10. The lowest BCUT2D eigenvalue weighted by Crippen LogP contribution is -2.28. The number of ether oxygens (including phenoxy) is 1. The molecule has 2 aliphatic heterocycles. The maximum Gasteiger partial charge on any atom is 0.414 e. The van der Waals surface area contributed by atoms with Crippen LogP contribution in [0.3, 0.4) is 0 Å². The van der Waals surface area contributed by atoms with Gasteiger partial charge in [-0.2, -0.15) is 17.0 Å². The highest BCUT2D eigenvalue weighted by molar-refractivity contribution is 7.99. The minimum Gasteiger partial charge on any atom is -0.442 e. The van der Waals surface area contributed by atoms with Crippen molar-refractivity contribution in [1.82, 2.24) is 10.3 Å². The zero-order chi connectivity index (χ0) is 21.6. The molecule has 1 saturated carbocycles. The van der Waals surface area contributed by atoms with Crippen LogP contribution in [0.4, 0.5) is 10.5 Å². The van der Waals surface area contributed by atoms with Gasteiger partial charge in [0.2, 0.25) is 0 Å². The van der Waals surface area contributed by atoms with Gasteiger partial charge in [-0.15, -0.1) is 0 Å². The number of cyclic esters (lactones) is 1. The van der Waals surface area contributed by atoms with E-state index in [4.69, 9.17) is 15.7 Å². The van der Waals surface area contributed by atoms with Gasteiger partial charge < -0.3 is 15.8 Å². The number of pyridine rings is 1. The number of benzene rings is 1. The lowest BCUT2D eigenvalue weighted by Gasteiger charge is -2.13. The van der Waals surface area contributed by atoms with Gasteiger partial charge in [0.05, 0.1) is 25.1 Å². The third kappa shape index (κ3) is 4.94. The predicted octanol–water partition coefficient (Wildman–Crippen LogP) is 3.21. The number of rotatable bonds is 5. The number of amides is 1. The first-order valence-electron chi connectivity index (χ1n) is 10.3. The molecule has 2 aromatic rings. The zero-order valence-corrected chi connectivity index (χ0v) is 17.9. The standard InChI is InChI=1S/C17H18N4O2.C6H7NS/c18-7-9-20-11-16-12-21(17(22)23-16)15-5-3-13(4-6-15)14-2-1-8-19-10-14;7-1-4-5-2-8-3-6(4)5/h1-10,16,20H,11-12,18H2;4-6H,2-3H2/b9-7-;/t;4?,5-,6+. The molecule has 1 amide bonds. The first-order valence-corrected chi connectivity index (χ1v) is 11.4. The molecule has 160 valence electrons. The van der Waals surface area contributed by atoms with Gasteiger partial charge in [-0.3, -0.25) is 9.88 Å². The number of anilines is 1. The number of thioether (sulfide) groups is 1. The monoisotopic (exact) mass is 435 g/mol. The first-order chi connectivity index (χ1) is 15.2. The Bertz CT molecular complexity index is 950. The third-order valence-corrected chi connectivity index (χ3v) is 6.95. The highest BCUT2D eigenvalue weighted by atomic mass is 32.2. The summed E-state index contributed by atoms with van der Waals surface area (Å²) in [4.78, 5) is 17.7. The number of hydrogen-bond donors (Lipinski definition) is 2. The lowest BCUT2D eigenvalue weighted by atomic mass is 10.1. The van der Waals surface area contributed by atoms with Crippen LogP contribution in [0.2, 0.25) is 0 Å². The molecule has 2 saturated heterocycles. The van der Waals surface area contributed by atoms with Gasteiger partial charge in [-0.25, -0.2) is 4.79 Å². The van der Waals surface area contributed by atoms with Crippen LogP contribution >= 0.6 is 11.8 Å². The maximum atomic E-state index is 12.0. The Balaban J connectivity index is 0.000000239. The van der Waals surface area contributed by atoms with Gasteiger partial charge in [0, 0.05) is 30.5 Å². The van der Waals surface area contributed by atoms with Crippen molar-refractivity contribution in [1.29, 1.82) is 5.26 Å². The Morgan fingerprint density at radius 3 is 2.65 bits per heavy atom. The summed E-state index contributed by atoms with van der Waals surface area (Å²) in [5.41, 5.74) is 8.17. The van der Waals surface area contributed by atoms with Crippen molar-refractivity contribution >= 4 is 23.5 Å². The van der Waals surface area contributed by atoms with Crippen LogP contribution in [-0.2, 0) is 4.74 Å². The summed E-state index contributed by atoms with van der Waals surface area (Å²) in [5, 5.41) is 11.4. The molecule has 7 nitrogen and oxygen atoms in total. The summed E-state index contributed by atoms with van der Waals surface area (Å²) >= 11 is 2.00. The van der Waals surface area contributed by atoms with Gasteiger partial charge in [0.15, 0.2) is 0 Å². The van der Waals surface area contributed by atoms with Crippen molar-refractivity contribution in [2.45, 2.75) is 6.10 Å². The molecule has 3 heterocycles. The van der Waals surface area contributed by atoms with E-state index in [2.05, 4.69) is 16.4 Å². The summed E-state index contributed by atoms with van der Waals surface area (Å²) in [5.74, 6) is 4.55. The minimum atomic E-state index is -0.331. The maximum absolute atomic E-state index is 12.0. The Kier molecular flexibility index (Phi) is 6.63. The topological polar surface area (TPSA) is 104 Å². The van der Waals surface area contributed by atoms with E-state index >= 15 is 0 Å². The number of hydrogen-bond acceptors (Lipinski definition) is 7. The molecule has 0 spiro atoms. The predicted molar refractivity (Wildman–Crippen MR) is 122 cm³/mol. The third-order valence-electron chi connectivity index (χ3n) is 5.71. The smallest absolute Gasteiger partial charge is 0.414 e. The molecule has 8 heteroatoms. The van der Waals surface area contributed by atoms with E-state index in [1.165, 1.54) is 17.7 Å². The van der Waals surface area contributed by atoms with E-state index in [1.807, 2.05) is 54.4 Å². The van der Waals surface area contributed by atoms with E-state index in [0.29, 0.717) is 19.0 Å². The number of nitrogens with zero attached hydrogens (tertiary/aromatic N) is 3. The molecule has 0 radical (unpaired) electrons. The second-order valence-corrected chi connectivity index (χ2v) is 8.77. The highest BCUT2D eigenvalue weighted by Gasteiger charge is 2.53. The number of fused-ring (bicyclic) bond motifs is 1. The normalized spacial score (nSPS) is 25.9. The number of nitrogens with two attached hydrogens (primary N) is 1. The summed E-state index contributed by atoms with van der Waals surface area (Å²) in [6, 6.07) is 14.0. The van der Waals surface area contributed by atoms with Crippen LogP contribution in [0.5, 0.6) is 0 Å². The van der Waals surface area contributed by atoms with E-state index in [0.717, 1.165) is 28.7 Å². The molecular weight excluding hydrogens is 410 g/mol. The van der Waals surface area contributed by atoms with Gasteiger partial charge in [-0.1, -0.05) is 18.2 Å². The molecule has 4 atom stereocenters. The van der Waals surface area contributed by atoms with Gasteiger partial charge >= 0.3 is 6.09 Å². The molecule has 31 heavy (non-hydrogen) atoms. The summed E-state index contributed by atoms with van der Waals surface area (Å²) in [7, 11) is 0. The van der Waals surface area contributed by atoms with E-state index < -0.39 is 0 Å². The number of nitrogens with one attached hydrogen (secondary N) is 1. The van der Waals surface area contributed by atoms with Crippen molar-refractivity contribution in [3.8, 4) is 17.2 Å². The van der Waals surface area contributed by atoms with Crippen molar-refractivity contribution in [3.05, 3.63) is 61.2 Å². The van der Waals surface area contributed by atoms with Crippen molar-refractivity contribution in [3.63, 3.8) is 0 Å². The second kappa shape index (κ2) is 9.75. The van der Waals surface area contributed by atoms with Crippen molar-refractivity contribution in [2.24, 2.45) is 23.5 Å². The molecule has 3 fully saturated rings. The van der Waals surface area contributed by atoms with Gasteiger partial charge in [0.1, 0.15) is 6.10 Å². The molecule has 0 bridgehead atoms. The Morgan fingerprint density at radius 1 is 1.26 bits per heavy atom. The quantitative estimate of drug-likeness (QED) is 0.743. The fraction of sp³-hybridized carbons (Fsp3) is 0.348. The van der Waals surface area contributed by atoms with Crippen molar-refractivity contribution in [2.75, 3.05) is 29.5 Å². The molecule has 3 N–H and O–H groups in total. The number of carbonyl (C=O) groups is 1. The van der Waals surface area contributed by atoms with Gasteiger partial charge in [0.25, 0.3) is 0 Å². The highest BCUT2D eigenvalue weighted by Crippen LogP contribution is 2.54. The van der Waals surface area contributed by atoms with Crippen LogP contribution in [0.25, 0.3) is 11.1 Å². The van der Waals surface area contributed by atoms with Crippen LogP contribution in [0.15, 0.2) is 61.2 Å². The lowest BCUT2D eigenvalue weighted by molar-refractivity contribution is 0.142. The largest absolute Gasteiger partial charge is 0.442 e.